The molecular weight excluding hydrogens is 254 g/mol. The molecule has 0 amide bonds. The van der Waals surface area contributed by atoms with E-state index in [9.17, 15) is 13.5 Å². The Bertz CT molecular complexity index is 318. The molecule has 1 saturated heterocycles. The molecule has 2 atom stereocenters. The van der Waals surface area contributed by atoms with E-state index in [1.807, 2.05) is 0 Å². The fraction of sp³-hybridized carbons (Fsp3) is 1.00. The standard InChI is InChI=1S/C12H25NO4S/c1-2-3-5-17-9-12(14)8-13-7-11-4-6-18(15,16)10-11/h11-14H,2-10H2,1H3. The lowest BCUT2D eigenvalue weighted by Gasteiger charge is -2.14. The predicted octanol–water partition coefficient (Wildman–Crippen LogP) is 0.188. The number of unbranched alkanes of at least 4 members (excludes halogenated alkanes) is 1. The third-order valence-corrected chi connectivity index (χ3v) is 4.93. The average Bonchev–Trinajstić information content (AvgIpc) is 2.64. The minimum absolute atomic E-state index is 0.197. The summed E-state index contributed by atoms with van der Waals surface area (Å²) in [6, 6.07) is 0. The number of aliphatic hydroxyl groups excluding tert-OH is 1. The molecular formula is C12H25NO4S. The molecule has 0 aliphatic carbocycles. The fourth-order valence-electron chi connectivity index (χ4n) is 2.01. The highest BCUT2D eigenvalue weighted by molar-refractivity contribution is 7.91. The van der Waals surface area contributed by atoms with E-state index in [0.29, 0.717) is 32.1 Å². The zero-order chi connectivity index (χ0) is 13.4. The summed E-state index contributed by atoms with van der Waals surface area (Å²) in [5.41, 5.74) is 0. The number of aliphatic hydroxyl groups is 1. The Balaban J connectivity index is 2.00. The highest BCUT2D eigenvalue weighted by atomic mass is 32.2. The molecule has 0 spiro atoms. The molecule has 108 valence electrons. The maximum Gasteiger partial charge on any atom is 0.150 e. The summed E-state index contributed by atoms with van der Waals surface area (Å²) in [4.78, 5) is 0. The van der Waals surface area contributed by atoms with Gasteiger partial charge in [-0.3, -0.25) is 0 Å². The van der Waals surface area contributed by atoms with Gasteiger partial charge in [0.2, 0.25) is 0 Å². The van der Waals surface area contributed by atoms with Crippen LogP contribution in [0.4, 0.5) is 0 Å². The maximum atomic E-state index is 11.2. The van der Waals surface area contributed by atoms with Crippen LogP contribution < -0.4 is 5.32 Å². The van der Waals surface area contributed by atoms with Gasteiger partial charge in [0.25, 0.3) is 0 Å². The van der Waals surface area contributed by atoms with Gasteiger partial charge in [-0.05, 0) is 25.3 Å². The van der Waals surface area contributed by atoms with Gasteiger partial charge in [0, 0.05) is 13.2 Å². The smallest absolute Gasteiger partial charge is 0.150 e. The first-order chi connectivity index (χ1) is 8.53. The molecule has 0 aromatic rings. The maximum absolute atomic E-state index is 11.2. The second kappa shape index (κ2) is 8.09. The Labute approximate surface area is 110 Å². The molecule has 1 fully saturated rings. The normalized spacial score (nSPS) is 24.2. The van der Waals surface area contributed by atoms with Crippen molar-refractivity contribution in [3.63, 3.8) is 0 Å². The predicted molar refractivity (Wildman–Crippen MR) is 71.4 cm³/mol. The number of hydrogen-bond acceptors (Lipinski definition) is 5. The summed E-state index contributed by atoms with van der Waals surface area (Å²) in [6.45, 7) is 4.25. The first-order valence-corrected chi connectivity index (χ1v) is 8.52. The molecule has 0 radical (unpaired) electrons. The number of ether oxygens (including phenoxy) is 1. The van der Waals surface area contributed by atoms with E-state index in [4.69, 9.17) is 4.74 Å². The van der Waals surface area contributed by atoms with Crippen molar-refractivity contribution in [2.45, 2.75) is 32.3 Å². The van der Waals surface area contributed by atoms with Crippen molar-refractivity contribution >= 4 is 9.84 Å². The number of nitrogens with one attached hydrogen (secondary N) is 1. The van der Waals surface area contributed by atoms with Crippen molar-refractivity contribution < 1.29 is 18.3 Å². The van der Waals surface area contributed by atoms with Gasteiger partial charge in [0.15, 0.2) is 9.84 Å². The Kier molecular flexibility index (Phi) is 7.14. The van der Waals surface area contributed by atoms with Crippen LogP contribution in [0.5, 0.6) is 0 Å². The second-order valence-corrected chi connectivity index (χ2v) is 7.24. The van der Waals surface area contributed by atoms with Crippen molar-refractivity contribution in [2.24, 2.45) is 5.92 Å². The Morgan fingerprint density at radius 3 is 2.89 bits per heavy atom. The largest absolute Gasteiger partial charge is 0.389 e. The van der Waals surface area contributed by atoms with Crippen LogP contribution in [0, 0.1) is 5.92 Å². The molecule has 0 aromatic heterocycles. The third-order valence-electron chi connectivity index (χ3n) is 3.09. The third kappa shape index (κ3) is 6.68. The first kappa shape index (κ1) is 15.9. The van der Waals surface area contributed by atoms with Crippen molar-refractivity contribution in [1.29, 1.82) is 0 Å². The van der Waals surface area contributed by atoms with Gasteiger partial charge >= 0.3 is 0 Å². The molecule has 0 aromatic carbocycles. The molecule has 18 heavy (non-hydrogen) atoms. The Hall–Kier alpha value is -0.170. The minimum atomic E-state index is -2.79. The lowest BCUT2D eigenvalue weighted by Crippen LogP contribution is -2.33. The highest BCUT2D eigenvalue weighted by Crippen LogP contribution is 2.17. The van der Waals surface area contributed by atoms with Crippen molar-refractivity contribution in [2.75, 3.05) is 37.8 Å². The highest BCUT2D eigenvalue weighted by Gasteiger charge is 2.27. The van der Waals surface area contributed by atoms with Crippen LogP contribution in [0.3, 0.4) is 0 Å². The van der Waals surface area contributed by atoms with Gasteiger partial charge in [0.05, 0.1) is 24.2 Å². The summed E-state index contributed by atoms with van der Waals surface area (Å²) >= 11 is 0. The van der Waals surface area contributed by atoms with Crippen molar-refractivity contribution in [3.05, 3.63) is 0 Å². The van der Waals surface area contributed by atoms with Gasteiger partial charge in [0.1, 0.15) is 0 Å². The van der Waals surface area contributed by atoms with Crippen LogP contribution in [0.15, 0.2) is 0 Å². The topological polar surface area (TPSA) is 75.6 Å². The van der Waals surface area contributed by atoms with Crippen LogP contribution in [0.1, 0.15) is 26.2 Å². The molecule has 1 rings (SSSR count). The lowest BCUT2D eigenvalue weighted by atomic mass is 10.1. The van der Waals surface area contributed by atoms with Crippen LogP contribution in [0.2, 0.25) is 0 Å². The first-order valence-electron chi connectivity index (χ1n) is 6.70. The van der Waals surface area contributed by atoms with Gasteiger partial charge in [-0.25, -0.2) is 8.42 Å². The summed E-state index contributed by atoms with van der Waals surface area (Å²) < 4.78 is 27.8. The van der Waals surface area contributed by atoms with Crippen LogP contribution in [-0.4, -0.2) is 57.4 Å². The molecule has 5 nitrogen and oxygen atoms in total. The fourth-order valence-corrected chi connectivity index (χ4v) is 3.87. The molecule has 2 N–H and O–H groups in total. The van der Waals surface area contributed by atoms with E-state index in [0.717, 1.165) is 19.3 Å². The van der Waals surface area contributed by atoms with E-state index in [1.165, 1.54) is 0 Å². The van der Waals surface area contributed by atoms with Crippen molar-refractivity contribution in [3.8, 4) is 0 Å². The summed E-state index contributed by atoms with van der Waals surface area (Å²) in [6.07, 6.45) is 2.32. The molecule has 1 aliphatic heterocycles. The summed E-state index contributed by atoms with van der Waals surface area (Å²) in [7, 11) is -2.79. The lowest BCUT2D eigenvalue weighted by molar-refractivity contribution is 0.0356. The molecule has 6 heteroatoms. The van der Waals surface area contributed by atoms with Gasteiger partial charge in [-0.15, -0.1) is 0 Å². The van der Waals surface area contributed by atoms with Crippen LogP contribution in [-0.2, 0) is 14.6 Å². The van der Waals surface area contributed by atoms with Crippen molar-refractivity contribution in [1.82, 2.24) is 5.32 Å². The monoisotopic (exact) mass is 279 g/mol. The minimum Gasteiger partial charge on any atom is -0.389 e. The summed E-state index contributed by atoms with van der Waals surface area (Å²) in [5.74, 6) is 0.786. The number of sulfone groups is 1. The van der Waals surface area contributed by atoms with Crippen LogP contribution >= 0.6 is 0 Å². The van der Waals surface area contributed by atoms with Gasteiger partial charge in [-0.2, -0.15) is 0 Å². The average molecular weight is 279 g/mol. The van der Waals surface area contributed by atoms with E-state index < -0.39 is 15.9 Å². The van der Waals surface area contributed by atoms with Gasteiger partial charge < -0.3 is 15.2 Å². The van der Waals surface area contributed by atoms with E-state index in [1.54, 1.807) is 0 Å². The van der Waals surface area contributed by atoms with E-state index >= 15 is 0 Å². The molecule has 1 heterocycles. The quantitative estimate of drug-likeness (QED) is 0.589. The SMILES string of the molecule is CCCCOCC(O)CNCC1CCS(=O)(=O)C1. The molecule has 0 saturated carbocycles. The number of hydrogen-bond donors (Lipinski definition) is 2. The zero-order valence-corrected chi connectivity index (χ0v) is 11.9. The Morgan fingerprint density at radius 2 is 2.28 bits per heavy atom. The van der Waals surface area contributed by atoms with Gasteiger partial charge in [-0.1, -0.05) is 13.3 Å². The van der Waals surface area contributed by atoms with E-state index in [2.05, 4.69) is 12.2 Å². The van der Waals surface area contributed by atoms with Crippen LogP contribution in [0.25, 0.3) is 0 Å². The summed E-state index contributed by atoms with van der Waals surface area (Å²) in [5, 5.41) is 12.7. The number of rotatable bonds is 9. The second-order valence-electron chi connectivity index (χ2n) is 5.01. The Morgan fingerprint density at radius 1 is 1.50 bits per heavy atom. The van der Waals surface area contributed by atoms with E-state index in [-0.39, 0.29) is 11.7 Å². The molecule has 0 bridgehead atoms. The zero-order valence-electron chi connectivity index (χ0n) is 11.1. The molecule has 2 unspecified atom stereocenters. The molecule has 1 aliphatic rings.